The van der Waals surface area contributed by atoms with Gasteiger partial charge in [0.25, 0.3) is 10.0 Å². The van der Waals surface area contributed by atoms with Crippen LogP contribution in [0.3, 0.4) is 0 Å². The second kappa shape index (κ2) is 8.28. The fourth-order valence-corrected chi connectivity index (χ4v) is 4.84. The van der Waals surface area contributed by atoms with Crippen molar-refractivity contribution >= 4 is 39.0 Å². The van der Waals surface area contributed by atoms with Crippen LogP contribution < -0.4 is 4.72 Å². The number of halogens is 2. The first kappa shape index (κ1) is 20.1. The average Bonchev–Trinajstić information content (AvgIpc) is 2.69. The molecule has 0 aliphatic carbocycles. The lowest BCUT2D eigenvalue weighted by atomic mass is 10.1. The summed E-state index contributed by atoms with van der Waals surface area (Å²) in [7, 11) is -3.86. The topological polar surface area (TPSA) is 75.2 Å². The van der Waals surface area contributed by atoms with E-state index in [-0.39, 0.29) is 16.0 Å². The summed E-state index contributed by atoms with van der Waals surface area (Å²) < 4.78 is 28.2. The molecular weight excluding hydrogens is 431 g/mol. The van der Waals surface area contributed by atoms with Crippen LogP contribution in [0.25, 0.3) is 0 Å². The van der Waals surface area contributed by atoms with E-state index in [4.69, 9.17) is 23.2 Å². The van der Waals surface area contributed by atoms with Gasteiger partial charge in [-0.05, 0) is 35.4 Å². The van der Waals surface area contributed by atoms with Crippen LogP contribution in [-0.2, 0) is 29.5 Å². The number of hydrogen-bond donors (Lipinski definition) is 1. The standard InChI is InChI=1S/C20H18Cl2N4O2S/c21-15-7-4-8-16(11-15)29(27,28)25-19-17-13-26(12-14-5-2-1-3-6-14)10-9-18(17)23-20(22)24-19/h1-8,11H,9-10,12-13H2,(H,23,24,25). The van der Waals surface area contributed by atoms with Crippen molar-refractivity contribution in [1.29, 1.82) is 0 Å². The van der Waals surface area contributed by atoms with Gasteiger partial charge in [-0.3, -0.25) is 9.62 Å². The van der Waals surface area contributed by atoms with Gasteiger partial charge in [0, 0.05) is 36.6 Å². The van der Waals surface area contributed by atoms with E-state index in [9.17, 15) is 8.42 Å². The zero-order chi connectivity index (χ0) is 20.4. The summed E-state index contributed by atoms with van der Waals surface area (Å²) in [5, 5.41) is 0.355. The maximum Gasteiger partial charge on any atom is 0.263 e. The van der Waals surface area contributed by atoms with E-state index in [2.05, 4.69) is 31.7 Å². The zero-order valence-corrected chi connectivity index (χ0v) is 17.7. The number of rotatable bonds is 5. The monoisotopic (exact) mass is 448 g/mol. The fraction of sp³-hybridized carbons (Fsp3) is 0.200. The number of nitrogens with one attached hydrogen (secondary N) is 1. The van der Waals surface area contributed by atoms with Crippen LogP contribution in [0.15, 0.2) is 59.5 Å². The molecule has 0 saturated heterocycles. The Morgan fingerprint density at radius 3 is 2.59 bits per heavy atom. The summed E-state index contributed by atoms with van der Waals surface area (Å²) >= 11 is 12.0. The molecule has 1 aliphatic rings. The third-order valence-corrected chi connectivity index (χ3v) is 6.44. The van der Waals surface area contributed by atoms with E-state index in [1.54, 1.807) is 12.1 Å². The molecule has 150 valence electrons. The minimum absolute atomic E-state index is 0.0176. The Balaban J connectivity index is 1.63. The van der Waals surface area contributed by atoms with Crippen molar-refractivity contribution in [3.05, 3.63) is 81.7 Å². The van der Waals surface area contributed by atoms with Crippen molar-refractivity contribution in [3.8, 4) is 0 Å². The number of benzene rings is 2. The molecule has 0 bridgehead atoms. The molecule has 0 saturated carbocycles. The van der Waals surface area contributed by atoms with Crippen molar-refractivity contribution in [1.82, 2.24) is 14.9 Å². The summed E-state index contributed by atoms with van der Waals surface area (Å²) in [6.07, 6.45) is 0.663. The lowest BCUT2D eigenvalue weighted by molar-refractivity contribution is 0.243. The maximum absolute atomic E-state index is 12.8. The molecule has 0 spiro atoms. The molecule has 6 nitrogen and oxygen atoms in total. The molecule has 3 aromatic rings. The van der Waals surface area contributed by atoms with Crippen molar-refractivity contribution in [2.24, 2.45) is 0 Å². The van der Waals surface area contributed by atoms with Crippen LogP contribution in [0.2, 0.25) is 10.3 Å². The molecule has 2 heterocycles. The number of hydrogen-bond acceptors (Lipinski definition) is 5. The first-order valence-corrected chi connectivity index (χ1v) is 11.2. The number of nitrogens with zero attached hydrogens (tertiary/aromatic N) is 3. The predicted octanol–water partition coefficient (Wildman–Crippen LogP) is 4.14. The molecule has 9 heteroatoms. The Kier molecular flexibility index (Phi) is 5.74. The maximum atomic E-state index is 12.8. The third-order valence-electron chi connectivity index (χ3n) is 4.70. The third kappa shape index (κ3) is 4.70. The minimum atomic E-state index is -3.86. The molecule has 0 atom stereocenters. The van der Waals surface area contributed by atoms with Gasteiger partial charge >= 0.3 is 0 Å². The lowest BCUT2D eigenvalue weighted by Gasteiger charge is -2.29. The first-order valence-electron chi connectivity index (χ1n) is 9.01. The van der Waals surface area contributed by atoms with Crippen LogP contribution in [-0.4, -0.2) is 29.8 Å². The molecule has 1 aliphatic heterocycles. The van der Waals surface area contributed by atoms with Gasteiger partial charge < -0.3 is 0 Å². The second-order valence-corrected chi connectivity index (χ2v) is 9.23. The minimum Gasteiger partial charge on any atom is -0.294 e. The highest BCUT2D eigenvalue weighted by Gasteiger charge is 2.25. The van der Waals surface area contributed by atoms with E-state index in [1.165, 1.54) is 17.7 Å². The molecule has 0 unspecified atom stereocenters. The van der Waals surface area contributed by atoms with Crippen molar-refractivity contribution in [2.45, 2.75) is 24.4 Å². The average molecular weight is 449 g/mol. The second-order valence-electron chi connectivity index (χ2n) is 6.78. The van der Waals surface area contributed by atoms with E-state index < -0.39 is 10.0 Å². The Bertz CT molecular complexity index is 1140. The van der Waals surface area contributed by atoms with Gasteiger partial charge in [-0.2, -0.15) is 4.98 Å². The number of anilines is 1. The lowest BCUT2D eigenvalue weighted by Crippen LogP contribution is -2.32. The van der Waals surface area contributed by atoms with Crippen molar-refractivity contribution in [3.63, 3.8) is 0 Å². The summed E-state index contributed by atoms with van der Waals surface area (Å²) in [5.41, 5.74) is 2.69. The van der Waals surface area contributed by atoms with Crippen molar-refractivity contribution in [2.75, 3.05) is 11.3 Å². The Morgan fingerprint density at radius 1 is 1.03 bits per heavy atom. The van der Waals surface area contributed by atoms with Crippen molar-refractivity contribution < 1.29 is 8.42 Å². The predicted molar refractivity (Wildman–Crippen MR) is 114 cm³/mol. The van der Waals surface area contributed by atoms with Crippen LogP contribution in [0.1, 0.15) is 16.8 Å². The molecule has 0 amide bonds. The van der Waals surface area contributed by atoms with Gasteiger partial charge in [-0.15, -0.1) is 0 Å². The number of sulfonamides is 1. The highest BCUT2D eigenvalue weighted by molar-refractivity contribution is 7.92. The smallest absolute Gasteiger partial charge is 0.263 e. The largest absolute Gasteiger partial charge is 0.294 e. The normalized spacial score (nSPS) is 14.4. The molecule has 0 fully saturated rings. The highest BCUT2D eigenvalue weighted by atomic mass is 35.5. The molecule has 1 N–H and O–H groups in total. The summed E-state index contributed by atoms with van der Waals surface area (Å²) in [6.45, 7) is 2.08. The van der Waals surface area contributed by atoms with Gasteiger partial charge in [0.2, 0.25) is 5.28 Å². The number of aromatic nitrogens is 2. The van der Waals surface area contributed by atoms with Crippen LogP contribution >= 0.6 is 23.2 Å². The van der Waals surface area contributed by atoms with E-state index >= 15 is 0 Å². The summed E-state index contributed by atoms with van der Waals surface area (Å²) in [4.78, 5) is 10.8. The van der Waals surface area contributed by atoms with E-state index in [0.717, 1.165) is 24.3 Å². The molecule has 29 heavy (non-hydrogen) atoms. The molecule has 0 radical (unpaired) electrons. The molecule has 2 aromatic carbocycles. The molecular formula is C20H18Cl2N4O2S. The van der Waals surface area contributed by atoms with Gasteiger partial charge in [0.1, 0.15) is 5.82 Å². The number of fused-ring (bicyclic) bond motifs is 1. The summed E-state index contributed by atoms with van der Waals surface area (Å²) in [6, 6.07) is 16.2. The van der Waals surface area contributed by atoms with Gasteiger partial charge in [0.05, 0.1) is 10.6 Å². The summed E-state index contributed by atoms with van der Waals surface area (Å²) in [5.74, 6) is 0.206. The quantitative estimate of drug-likeness (QED) is 0.593. The molecule has 4 rings (SSSR count). The van der Waals surface area contributed by atoms with Crippen LogP contribution in [0.4, 0.5) is 5.82 Å². The Labute approximate surface area is 179 Å². The van der Waals surface area contributed by atoms with Gasteiger partial charge in [-0.1, -0.05) is 48.0 Å². The zero-order valence-electron chi connectivity index (χ0n) is 15.3. The molecule has 1 aromatic heterocycles. The fourth-order valence-electron chi connectivity index (χ4n) is 3.32. The van der Waals surface area contributed by atoms with Crippen LogP contribution in [0.5, 0.6) is 0 Å². The van der Waals surface area contributed by atoms with Gasteiger partial charge in [0.15, 0.2) is 0 Å². The van der Waals surface area contributed by atoms with Crippen LogP contribution in [0, 0.1) is 0 Å². The Hall–Kier alpha value is -2.19. The van der Waals surface area contributed by atoms with Gasteiger partial charge in [-0.25, -0.2) is 13.4 Å². The van der Waals surface area contributed by atoms with E-state index in [1.807, 2.05) is 18.2 Å². The highest BCUT2D eigenvalue weighted by Crippen LogP contribution is 2.28. The SMILES string of the molecule is O=S(=O)(Nc1nc(Cl)nc2c1CN(Cc1ccccc1)CC2)c1cccc(Cl)c1. The Morgan fingerprint density at radius 2 is 1.83 bits per heavy atom. The van der Waals surface area contributed by atoms with E-state index in [0.29, 0.717) is 18.0 Å². The first-order chi connectivity index (χ1) is 13.9.